The standard InChI is InChI=1S/C19H40N2/c1-8-15(3)13-21(7)14-16-12-17(19(4,5)6)10-11-18(16)20-9-2/h15-18,20H,8-14H2,1-7H3. The molecule has 126 valence electrons. The predicted octanol–water partition coefficient (Wildman–Crippen LogP) is 4.40. The highest BCUT2D eigenvalue weighted by Gasteiger charge is 2.35. The minimum absolute atomic E-state index is 0.463. The summed E-state index contributed by atoms with van der Waals surface area (Å²) in [6.07, 6.45) is 5.44. The van der Waals surface area contributed by atoms with E-state index in [0.717, 1.165) is 30.3 Å². The average Bonchev–Trinajstić information content (AvgIpc) is 2.39. The van der Waals surface area contributed by atoms with Gasteiger partial charge in [0.15, 0.2) is 0 Å². The minimum atomic E-state index is 0.463. The molecule has 2 heteroatoms. The summed E-state index contributed by atoms with van der Waals surface area (Å²) in [5.41, 5.74) is 0.463. The van der Waals surface area contributed by atoms with Crippen LogP contribution >= 0.6 is 0 Å². The van der Waals surface area contributed by atoms with Crippen molar-refractivity contribution in [3.8, 4) is 0 Å². The lowest BCUT2D eigenvalue weighted by molar-refractivity contribution is 0.0907. The van der Waals surface area contributed by atoms with Crippen LogP contribution in [0.15, 0.2) is 0 Å². The van der Waals surface area contributed by atoms with Crippen LogP contribution in [0, 0.1) is 23.2 Å². The maximum absolute atomic E-state index is 3.75. The molecule has 1 aliphatic carbocycles. The molecular formula is C19H40N2. The fourth-order valence-corrected chi connectivity index (χ4v) is 3.92. The first-order chi connectivity index (χ1) is 9.77. The van der Waals surface area contributed by atoms with Gasteiger partial charge in [-0.2, -0.15) is 0 Å². The molecule has 0 radical (unpaired) electrons. The molecule has 1 rings (SSSR count). The summed E-state index contributed by atoms with van der Waals surface area (Å²) in [5, 5.41) is 3.75. The zero-order chi connectivity index (χ0) is 16.0. The van der Waals surface area contributed by atoms with Gasteiger partial charge in [0.2, 0.25) is 0 Å². The van der Waals surface area contributed by atoms with Crippen LogP contribution in [0.2, 0.25) is 0 Å². The molecule has 0 aromatic carbocycles. The van der Waals surface area contributed by atoms with Gasteiger partial charge in [-0.1, -0.05) is 48.0 Å². The molecule has 1 aliphatic rings. The van der Waals surface area contributed by atoms with Crippen molar-refractivity contribution in [1.82, 2.24) is 10.2 Å². The normalized spacial score (nSPS) is 28.9. The quantitative estimate of drug-likeness (QED) is 0.749. The lowest BCUT2D eigenvalue weighted by Crippen LogP contribution is -2.47. The van der Waals surface area contributed by atoms with Gasteiger partial charge in [0, 0.05) is 19.1 Å². The molecule has 0 amide bonds. The molecule has 0 aromatic heterocycles. The van der Waals surface area contributed by atoms with Gasteiger partial charge in [0.1, 0.15) is 0 Å². The van der Waals surface area contributed by atoms with Crippen molar-refractivity contribution < 1.29 is 0 Å². The Morgan fingerprint density at radius 1 is 1.19 bits per heavy atom. The van der Waals surface area contributed by atoms with Crippen molar-refractivity contribution in [2.24, 2.45) is 23.2 Å². The first-order valence-corrected chi connectivity index (χ1v) is 9.19. The highest BCUT2D eigenvalue weighted by Crippen LogP contribution is 2.40. The van der Waals surface area contributed by atoms with Crippen molar-refractivity contribution in [3.05, 3.63) is 0 Å². The van der Waals surface area contributed by atoms with Gasteiger partial charge in [-0.25, -0.2) is 0 Å². The summed E-state index contributed by atoms with van der Waals surface area (Å²) in [5.74, 6) is 2.51. The van der Waals surface area contributed by atoms with E-state index >= 15 is 0 Å². The maximum atomic E-state index is 3.75. The van der Waals surface area contributed by atoms with Crippen molar-refractivity contribution in [3.63, 3.8) is 0 Å². The van der Waals surface area contributed by atoms with Gasteiger partial charge >= 0.3 is 0 Å². The molecule has 0 aromatic rings. The van der Waals surface area contributed by atoms with E-state index in [9.17, 15) is 0 Å². The Balaban J connectivity index is 2.62. The van der Waals surface area contributed by atoms with Gasteiger partial charge in [-0.15, -0.1) is 0 Å². The lowest BCUT2D eigenvalue weighted by Gasteiger charge is -2.43. The molecule has 21 heavy (non-hydrogen) atoms. The first kappa shape index (κ1) is 19.0. The summed E-state index contributed by atoms with van der Waals surface area (Å²) in [6, 6.07) is 0.730. The molecule has 2 nitrogen and oxygen atoms in total. The molecule has 0 spiro atoms. The molecular weight excluding hydrogens is 256 g/mol. The van der Waals surface area contributed by atoms with Gasteiger partial charge in [0.05, 0.1) is 0 Å². The second-order valence-electron chi connectivity index (χ2n) is 8.53. The Kier molecular flexibility index (Phi) is 7.70. The second-order valence-corrected chi connectivity index (χ2v) is 8.53. The zero-order valence-corrected chi connectivity index (χ0v) is 15.7. The van der Waals surface area contributed by atoms with Crippen LogP contribution in [-0.4, -0.2) is 37.6 Å². The summed E-state index contributed by atoms with van der Waals surface area (Å²) in [6.45, 7) is 17.8. The third-order valence-electron chi connectivity index (χ3n) is 5.54. The van der Waals surface area contributed by atoms with E-state index in [0.29, 0.717) is 5.41 Å². The van der Waals surface area contributed by atoms with Crippen LogP contribution < -0.4 is 5.32 Å². The molecule has 4 atom stereocenters. The molecule has 0 saturated heterocycles. The maximum Gasteiger partial charge on any atom is 0.0108 e. The minimum Gasteiger partial charge on any atom is -0.314 e. The second kappa shape index (κ2) is 8.53. The van der Waals surface area contributed by atoms with E-state index in [2.05, 4.69) is 58.8 Å². The van der Waals surface area contributed by atoms with Crippen LogP contribution in [0.3, 0.4) is 0 Å². The molecule has 0 bridgehead atoms. The number of nitrogens with zero attached hydrogens (tertiary/aromatic N) is 1. The molecule has 1 fully saturated rings. The Morgan fingerprint density at radius 2 is 1.86 bits per heavy atom. The van der Waals surface area contributed by atoms with Crippen LogP contribution in [0.25, 0.3) is 0 Å². The Bertz CT molecular complexity index is 282. The van der Waals surface area contributed by atoms with Crippen molar-refractivity contribution >= 4 is 0 Å². The highest BCUT2D eigenvalue weighted by molar-refractivity contribution is 4.90. The zero-order valence-electron chi connectivity index (χ0n) is 15.7. The first-order valence-electron chi connectivity index (χ1n) is 9.19. The average molecular weight is 297 g/mol. The lowest BCUT2D eigenvalue weighted by atomic mass is 9.67. The predicted molar refractivity (Wildman–Crippen MR) is 94.7 cm³/mol. The van der Waals surface area contributed by atoms with Crippen LogP contribution in [-0.2, 0) is 0 Å². The summed E-state index contributed by atoms with van der Waals surface area (Å²) >= 11 is 0. The van der Waals surface area contributed by atoms with Gasteiger partial charge in [-0.3, -0.25) is 0 Å². The van der Waals surface area contributed by atoms with Crippen molar-refractivity contribution in [2.45, 2.75) is 73.3 Å². The molecule has 0 heterocycles. The van der Waals surface area contributed by atoms with E-state index in [1.807, 2.05) is 0 Å². The summed E-state index contributed by atoms with van der Waals surface area (Å²) < 4.78 is 0. The SMILES string of the molecule is CCNC1CCC(C(C)(C)C)CC1CN(C)CC(C)CC. The molecule has 4 unspecified atom stereocenters. The highest BCUT2D eigenvalue weighted by atomic mass is 15.1. The Labute approximate surface area is 134 Å². The number of hydrogen-bond donors (Lipinski definition) is 1. The fourth-order valence-electron chi connectivity index (χ4n) is 3.92. The Morgan fingerprint density at radius 3 is 2.38 bits per heavy atom. The number of nitrogens with one attached hydrogen (secondary N) is 1. The topological polar surface area (TPSA) is 15.3 Å². The summed E-state index contributed by atoms with van der Waals surface area (Å²) in [7, 11) is 2.32. The number of hydrogen-bond acceptors (Lipinski definition) is 2. The summed E-state index contributed by atoms with van der Waals surface area (Å²) in [4.78, 5) is 2.58. The van der Waals surface area contributed by atoms with Crippen molar-refractivity contribution in [1.29, 1.82) is 0 Å². The number of rotatable bonds is 7. The third-order valence-corrected chi connectivity index (χ3v) is 5.54. The van der Waals surface area contributed by atoms with E-state index in [-0.39, 0.29) is 0 Å². The Hall–Kier alpha value is -0.0800. The van der Waals surface area contributed by atoms with E-state index in [4.69, 9.17) is 0 Å². The molecule has 0 aliphatic heterocycles. The molecule has 1 saturated carbocycles. The smallest absolute Gasteiger partial charge is 0.0108 e. The fraction of sp³-hybridized carbons (Fsp3) is 1.00. The van der Waals surface area contributed by atoms with Gasteiger partial charge < -0.3 is 10.2 Å². The van der Waals surface area contributed by atoms with Gasteiger partial charge in [-0.05, 0) is 56.0 Å². The van der Waals surface area contributed by atoms with Crippen LogP contribution in [0.1, 0.15) is 67.2 Å². The van der Waals surface area contributed by atoms with Crippen LogP contribution in [0.4, 0.5) is 0 Å². The largest absolute Gasteiger partial charge is 0.314 e. The molecule has 1 N–H and O–H groups in total. The van der Waals surface area contributed by atoms with Crippen LogP contribution in [0.5, 0.6) is 0 Å². The third kappa shape index (κ3) is 6.28. The van der Waals surface area contributed by atoms with Crippen molar-refractivity contribution in [2.75, 3.05) is 26.7 Å². The van der Waals surface area contributed by atoms with E-state index in [1.165, 1.54) is 38.8 Å². The van der Waals surface area contributed by atoms with E-state index in [1.54, 1.807) is 0 Å². The monoisotopic (exact) mass is 296 g/mol. The van der Waals surface area contributed by atoms with E-state index < -0.39 is 0 Å². The van der Waals surface area contributed by atoms with Gasteiger partial charge in [0.25, 0.3) is 0 Å².